The molecule has 14 heavy (non-hydrogen) atoms. The number of carbonyl (C=O) groups excluding carboxylic acids is 1. The van der Waals surface area contributed by atoms with Crippen LogP contribution in [0.5, 0.6) is 0 Å². The Hall–Kier alpha value is -1.02. The summed E-state index contributed by atoms with van der Waals surface area (Å²) >= 11 is 5.86. The summed E-state index contributed by atoms with van der Waals surface area (Å²) in [6.07, 6.45) is 1.52. The van der Waals surface area contributed by atoms with Crippen LogP contribution in [0.3, 0.4) is 0 Å². The van der Waals surface area contributed by atoms with E-state index in [2.05, 4.69) is 5.32 Å². The van der Waals surface area contributed by atoms with Crippen LogP contribution in [0.25, 0.3) is 0 Å². The zero-order chi connectivity index (χ0) is 10.1. The lowest BCUT2D eigenvalue weighted by Crippen LogP contribution is -2.18. The lowest BCUT2D eigenvalue weighted by Gasteiger charge is -2.13. The molecular weight excluding hydrogens is 198 g/mol. The molecule has 74 valence electrons. The van der Waals surface area contributed by atoms with E-state index in [-0.39, 0.29) is 11.9 Å². The van der Waals surface area contributed by atoms with E-state index in [1.54, 1.807) is 0 Å². The van der Waals surface area contributed by atoms with Crippen LogP contribution in [0.1, 0.15) is 30.0 Å². The van der Waals surface area contributed by atoms with Gasteiger partial charge in [0.1, 0.15) is 0 Å². The molecule has 1 fully saturated rings. The topological polar surface area (TPSA) is 29.1 Å². The van der Waals surface area contributed by atoms with E-state index in [1.807, 2.05) is 25.1 Å². The maximum absolute atomic E-state index is 11.1. The van der Waals surface area contributed by atoms with Crippen molar-refractivity contribution in [1.82, 2.24) is 5.32 Å². The first-order chi connectivity index (χ1) is 6.66. The summed E-state index contributed by atoms with van der Waals surface area (Å²) in [6.45, 7) is 2.02. The van der Waals surface area contributed by atoms with Gasteiger partial charge in [0.15, 0.2) is 0 Å². The summed E-state index contributed by atoms with van der Waals surface area (Å²) in [4.78, 5) is 11.1. The summed E-state index contributed by atoms with van der Waals surface area (Å²) in [6, 6.07) is 5.98. The minimum atomic E-state index is 0.143. The average molecular weight is 210 g/mol. The first-order valence-electron chi connectivity index (χ1n) is 4.72. The lowest BCUT2D eigenvalue weighted by atomic mass is 10.0. The second-order valence-electron chi connectivity index (χ2n) is 3.66. The molecule has 1 saturated heterocycles. The molecule has 1 unspecified atom stereocenters. The summed E-state index contributed by atoms with van der Waals surface area (Å²) in [5, 5.41) is 3.69. The van der Waals surface area contributed by atoms with Crippen LogP contribution in [0.15, 0.2) is 18.2 Å². The highest BCUT2D eigenvalue weighted by Gasteiger charge is 2.23. The molecule has 1 aromatic rings. The molecule has 0 spiro atoms. The third kappa shape index (κ3) is 1.75. The Labute approximate surface area is 88.3 Å². The molecule has 1 aliphatic heterocycles. The van der Waals surface area contributed by atoms with E-state index in [1.165, 1.54) is 5.56 Å². The van der Waals surface area contributed by atoms with Crippen LogP contribution >= 0.6 is 11.6 Å². The van der Waals surface area contributed by atoms with Crippen molar-refractivity contribution in [3.05, 3.63) is 34.3 Å². The van der Waals surface area contributed by atoms with Crippen LogP contribution in [-0.2, 0) is 4.79 Å². The Morgan fingerprint density at radius 2 is 2.29 bits per heavy atom. The predicted octanol–water partition coefficient (Wildman–Crippen LogP) is 2.60. The van der Waals surface area contributed by atoms with Gasteiger partial charge in [0.2, 0.25) is 5.91 Å². The smallest absolute Gasteiger partial charge is 0.220 e. The summed E-state index contributed by atoms with van der Waals surface area (Å²) in [5.41, 5.74) is 2.32. The molecule has 0 bridgehead atoms. The van der Waals surface area contributed by atoms with Crippen molar-refractivity contribution in [3.8, 4) is 0 Å². The fourth-order valence-corrected chi connectivity index (χ4v) is 2.10. The van der Waals surface area contributed by atoms with Crippen molar-refractivity contribution in [2.45, 2.75) is 25.8 Å². The highest BCUT2D eigenvalue weighted by molar-refractivity contribution is 6.30. The number of hydrogen-bond donors (Lipinski definition) is 1. The van der Waals surface area contributed by atoms with Gasteiger partial charge in [0.25, 0.3) is 0 Å². The summed E-state index contributed by atoms with van der Waals surface area (Å²) < 4.78 is 0. The van der Waals surface area contributed by atoms with Crippen molar-refractivity contribution < 1.29 is 4.79 Å². The first kappa shape index (κ1) is 9.53. The van der Waals surface area contributed by atoms with Gasteiger partial charge in [-0.05, 0) is 36.6 Å². The monoisotopic (exact) mass is 209 g/mol. The summed E-state index contributed by atoms with van der Waals surface area (Å²) in [7, 11) is 0. The average Bonchev–Trinajstić information content (AvgIpc) is 2.51. The van der Waals surface area contributed by atoms with E-state index in [4.69, 9.17) is 11.6 Å². The van der Waals surface area contributed by atoms with Crippen molar-refractivity contribution in [3.63, 3.8) is 0 Å². The van der Waals surface area contributed by atoms with Gasteiger partial charge in [0.05, 0.1) is 6.04 Å². The van der Waals surface area contributed by atoms with Gasteiger partial charge in [-0.15, -0.1) is 0 Å². The molecule has 1 amide bonds. The maximum Gasteiger partial charge on any atom is 0.220 e. The van der Waals surface area contributed by atoms with Crippen LogP contribution in [0, 0.1) is 6.92 Å². The molecule has 2 rings (SSSR count). The predicted molar refractivity (Wildman–Crippen MR) is 56.3 cm³/mol. The standard InChI is InChI=1S/C11H12ClNO/c1-7-6-8(12)2-3-9(7)10-4-5-11(14)13-10/h2-3,6,10H,4-5H2,1H3,(H,13,14). The number of rotatable bonds is 1. The Morgan fingerprint density at radius 3 is 2.86 bits per heavy atom. The van der Waals surface area contributed by atoms with Crippen LogP contribution in [0.4, 0.5) is 0 Å². The van der Waals surface area contributed by atoms with Gasteiger partial charge < -0.3 is 5.32 Å². The number of halogens is 1. The van der Waals surface area contributed by atoms with Gasteiger partial charge >= 0.3 is 0 Å². The van der Waals surface area contributed by atoms with Crippen molar-refractivity contribution in [2.24, 2.45) is 0 Å². The van der Waals surface area contributed by atoms with Gasteiger partial charge in [-0.1, -0.05) is 17.7 Å². The van der Waals surface area contributed by atoms with E-state index in [9.17, 15) is 4.79 Å². The Kier molecular flexibility index (Phi) is 2.46. The first-order valence-corrected chi connectivity index (χ1v) is 5.10. The largest absolute Gasteiger partial charge is 0.349 e. The molecule has 1 N–H and O–H groups in total. The molecule has 3 heteroatoms. The molecule has 2 nitrogen and oxygen atoms in total. The SMILES string of the molecule is Cc1cc(Cl)ccc1C1CCC(=O)N1. The molecule has 1 aliphatic rings. The fourth-order valence-electron chi connectivity index (χ4n) is 1.88. The highest BCUT2D eigenvalue weighted by atomic mass is 35.5. The summed E-state index contributed by atoms with van der Waals surface area (Å²) in [5.74, 6) is 0.143. The van der Waals surface area contributed by atoms with E-state index in [0.717, 1.165) is 17.0 Å². The van der Waals surface area contributed by atoms with Gasteiger partial charge in [-0.25, -0.2) is 0 Å². The number of amides is 1. The van der Waals surface area contributed by atoms with Crippen molar-refractivity contribution in [1.29, 1.82) is 0 Å². The fraction of sp³-hybridized carbons (Fsp3) is 0.364. The maximum atomic E-state index is 11.1. The van der Waals surface area contributed by atoms with Crippen LogP contribution < -0.4 is 5.32 Å². The van der Waals surface area contributed by atoms with E-state index >= 15 is 0 Å². The second-order valence-corrected chi connectivity index (χ2v) is 4.10. The normalized spacial score (nSPS) is 21.0. The molecule has 0 radical (unpaired) electrons. The molecule has 0 aliphatic carbocycles. The minimum Gasteiger partial charge on any atom is -0.349 e. The Bertz CT molecular complexity index is 376. The Morgan fingerprint density at radius 1 is 1.50 bits per heavy atom. The van der Waals surface area contributed by atoms with E-state index < -0.39 is 0 Å². The quantitative estimate of drug-likeness (QED) is 0.757. The molecule has 0 saturated carbocycles. The zero-order valence-electron chi connectivity index (χ0n) is 8.01. The molecular formula is C11H12ClNO. The number of aryl methyl sites for hydroxylation is 1. The molecule has 1 heterocycles. The van der Waals surface area contributed by atoms with Crippen molar-refractivity contribution >= 4 is 17.5 Å². The van der Waals surface area contributed by atoms with Crippen LogP contribution in [0.2, 0.25) is 5.02 Å². The van der Waals surface area contributed by atoms with Gasteiger partial charge in [0, 0.05) is 11.4 Å². The number of benzene rings is 1. The third-order valence-electron chi connectivity index (χ3n) is 2.60. The minimum absolute atomic E-state index is 0.143. The van der Waals surface area contributed by atoms with E-state index in [0.29, 0.717) is 6.42 Å². The van der Waals surface area contributed by atoms with Crippen LogP contribution in [-0.4, -0.2) is 5.91 Å². The molecule has 1 aromatic carbocycles. The van der Waals surface area contributed by atoms with Gasteiger partial charge in [-0.3, -0.25) is 4.79 Å². The third-order valence-corrected chi connectivity index (χ3v) is 2.84. The lowest BCUT2D eigenvalue weighted by molar-refractivity contribution is -0.119. The number of hydrogen-bond acceptors (Lipinski definition) is 1. The zero-order valence-corrected chi connectivity index (χ0v) is 8.77. The number of carbonyl (C=O) groups is 1. The second kappa shape index (κ2) is 3.62. The molecule has 0 aromatic heterocycles. The number of nitrogens with one attached hydrogen (secondary N) is 1. The molecule has 1 atom stereocenters. The van der Waals surface area contributed by atoms with Gasteiger partial charge in [-0.2, -0.15) is 0 Å². The van der Waals surface area contributed by atoms with Crippen molar-refractivity contribution in [2.75, 3.05) is 0 Å². The highest BCUT2D eigenvalue weighted by Crippen LogP contribution is 2.27. The Balaban J connectivity index is 2.28.